The monoisotopic (exact) mass is 402 g/mol. The summed E-state index contributed by atoms with van der Waals surface area (Å²) >= 11 is 0. The Kier molecular flexibility index (Phi) is 4.49. The molecule has 4 heterocycles. The van der Waals surface area contributed by atoms with Crippen LogP contribution in [0.4, 0.5) is 11.8 Å². The molecule has 0 aliphatic carbocycles. The van der Waals surface area contributed by atoms with E-state index in [0.29, 0.717) is 5.95 Å². The molecule has 0 fully saturated rings. The summed E-state index contributed by atoms with van der Waals surface area (Å²) in [5.74, 6) is 4.35. The first-order valence-corrected chi connectivity index (χ1v) is 10.5. The van der Waals surface area contributed by atoms with E-state index in [4.69, 9.17) is 15.0 Å². The van der Waals surface area contributed by atoms with Crippen LogP contribution in [-0.2, 0) is 0 Å². The molecule has 1 atom stereocenters. The van der Waals surface area contributed by atoms with Crippen molar-refractivity contribution in [2.45, 2.75) is 46.2 Å². The summed E-state index contributed by atoms with van der Waals surface area (Å²) in [5, 5.41) is 8.82. The number of fused-ring (bicyclic) bond motifs is 3. The van der Waals surface area contributed by atoms with Gasteiger partial charge in [-0.2, -0.15) is 4.98 Å². The van der Waals surface area contributed by atoms with E-state index in [1.807, 2.05) is 31.3 Å². The van der Waals surface area contributed by atoms with Gasteiger partial charge in [0, 0.05) is 18.2 Å². The van der Waals surface area contributed by atoms with E-state index in [0.717, 1.165) is 54.1 Å². The number of benzene rings is 1. The third-order valence-corrected chi connectivity index (χ3v) is 5.76. The lowest BCUT2D eigenvalue weighted by molar-refractivity contribution is 0.496. The maximum Gasteiger partial charge on any atom is 0.233 e. The highest BCUT2D eigenvalue weighted by atomic mass is 15.4. The van der Waals surface area contributed by atoms with Crippen LogP contribution in [0, 0.1) is 6.92 Å². The Hall–Kier alpha value is -3.29. The van der Waals surface area contributed by atoms with Crippen LogP contribution >= 0.6 is 0 Å². The Morgan fingerprint density at radius 1 is 1.13 bits per heavy atom. The minimum atomic E-state index is 0.127. The quantitative estimate of drug-likeness (QED) is 0.666. The molecule has 2 aliphatic rings. The molecule has 3 aromatic rings. The van der Waals surface area contributed by atoms with Crippen LogP contribution in [0.3, 0.4) is 0 Å². The lowest BCUT2D eigenvalue weighted by Crippen LogP contribution is -2.41. The van der Waals surface area contributed by atoms with Crippen LogP contribution < -0.4 is 9.80 Å². The maximum atomic E-state index is 5.08. The summed E-state index contributed by atoms with van der Waals surface area (Å²) in [6.07, 6.45) is 2.83. The number of amidine groups is 1. The van der Waals surface area contributed by atoms with Gasteiger partial charge in [-0.15, -0.1) is 10.2 Å². The summed E-state index contributed by atoms with van der Waals surface area (Å²) in [4.78, 5) is 19.0. The Labute approximate surface area is 176 Å². The van der Waals surface area contributed by atoms with Gasteiger partial charge >= 0.3 is 0 Å². The maximum absolute atomic E-state index is 5.08. The highest BCUT2D eigenvalue weighted by Crippen LogP contribution is 2.40. The van der Waals surface area contributed by atoms with Gasteiger partial charge in [0.05, 0.1) is 18.8 Å². The van der Waals surface area contributed by atoms with Crippen molar-refractivity contribution in [2.75, 3.05) is 22.9 Å². The number of hydrogen-bond acceptors (Lipinski definition) is 7. The number of rotatable bonds is 4. The first-order valence-electron chi connectivity index (χ1n) is 10.5. The molecule has 5 rings (SSSR count). The van der Waals surface area contributed by atoms with Gasteiger partial charge in [-0.3, -0.25) is 14.5 Å². The number of aliphatic imine (C=N–C) groups is 1. The number of aryl methyl sites for hydroxylation is 1. The molecule has 0 N–H and O–H groups in total. The van der Waals surface area contributed by atoms with Crippen molar-refractivity contribution in [2.24, 2.45) is 4.99 Å². The molecular weight excluding hydrogens is 376 g/mol. The zero-order valence-corrected chi connectivity index (χ0v) is 17.8. The van der Waals surface area contributed by atoms with Crippen LogP contribution in [0.2, 0.25) is 0 Å². The van der Waals surface area contributed by atoms with Gasteiger partial charge in [-0.25, -0.2) is 4.98 Å². The van der Waals surface area contributed by atoms with Crippen molar-refractivity contribution in [3.8, 4) is 5.69 Å². The Balaban J connectivity index is 1.63. The van der Waals surface area contributed by atoms with E-state index < -0.39 is 0 Å². The smallest absolute Gasteiger partial charge is 0.233 e. The molecule has 2 aromatic heterocycles. The highest BCUT2D eigenvalue weighted by molar-refractivity contribution is 6.10. The average molecular weight is 403 g/mol. The standard InChI is InChI=1S/C22H26N8/c1-5-17-21-27-26-15(4)30(21)18-13-24-22(25-20(18)29(17)14(2)3)28-12-11-23-19(28)16-9-7-6-8-10-16/h6-10,13-14,17H,5,11-12H2,1-4H3/t17-/m1/s1. The van der Waals surface area contributed by atoms with Crippen LogP contribution in [0.15, 0.2) is 41.5 Å². The molecule has 8 heteroatoms. The van der Waals surface area contributed by atoms with E-state index in [1.54, 1.807) is 0 Å². The fourth-order valence-corrected chi connectivity index (χ4v) is 4.46. The fraction of sp³-hybridized carbons (Fsp3) is 0.409. The Morgan fingerprint density at radius 3 is 2.67 bits per heavy atom. The van der Waals surface area contributed by atoms with Crippen LogP contribution in [0.1, 0.15) is 50.4 Å². The molecule has 0 saturated carbocycles. The fourth-order valence-electron chi connectivity index (χ4n) is 4.46. The second kappa shape index (κ2) is 7.19. The number of anilines is 2. The summed E-state index contributed by atoms with van der Waals surface area (Å²) < 4.78 is 2.10. The van der Waals surface area contributed by atoms with Crippen LogP contribution in [0.5, 0.6) is 0 Å². The second-order valence-corrected chi connectivity index (χ2v) is 7.97. The van der Waals surface area contributed by atoms with Gasteiger partial charge in [0.1, 0.15) is 17.3 Å². The molecule has 0 saturated heterocycles. The predicted octanol–water partition coefficient (Wildman–Crippen LogP) is 3.31. The number of nitrogens with zero attached hydrogens (tertiary/aromatic N) is 8. The van der Waals surface area contributed by atoms with Gasteiger partial charge in [0.25, 0.3) is 0 Å². The van der Waals surface area contributed by atoms with Crippen molar-refractivity contribution in [3.63, 3.8) is 0 Å². The Bertz CT molecular complexity index is 1100. The summed E-state index contributed by atoms with van der Waals surface area (Å²) in [5.41, 5.74) is 2.02. The molecule has 0 unspecified atom stereocenters. The largest absolute Gasteiger partial charge is 0.342 e. The van der Waals surface area contributed by atoms with Gasteiger partial charge in [-0.05, 0) is 27.2 Å². The third kappa shape index (κ3) is 2.78. The van der Waals surface area contributed by atoms with Crippen LogP contribution in [-0.4, -0.2) is 49.7 Å². The molecule has 2 aliphatic heterocycles. The van der Waals surface area contributed by atoms with Gasteiger partial charge in [-0.1, -0.05) is 37.3 Å². The van der Waals surface area contributed by atoms with E-state index >= 15 is 0 Å². The van der Waals surface area contributed by atoms with Crippen molar-refractivity contribution in [3.05, 3.63) is 53.7 Å². The number of hydrogen-bond donors (Lipinski definition) is 0. The predicted molar refractivity (Wildman–Crippen MR) is 118 cm³/mol. The minimum Gasteiger partial charge on any atom is -0.342 e. The van der Waals surface area contributed by atoms with Gasteiger partial charge in [0.2, 0.25) is 5.95 Å². The van der Waals surface area contributed by atoms with Crippen molar-refractivity contribution in [1.82, 2.24) is 24.7 Å². The lowest BCUT2D eigenvalue weighted by Gasteiger charge is -2.40. The first-order chi connectivity index (χ1) is 14.6. The molecular formula is C22H26N8. The average Bonchev–Trinajstić information content (AvgIpc) is 3.40. The topological polar surface area (TPSA) is 75.3 Å². The molecule has 0 spiro atoms. The minimum absolute atomic E-state index is 0.127. The molecule has 30 heavy (non-hydrogen) atoms. The third-order valence-electron chi connectivity index (χ3n) is 5.76. The van der Waals surface area contributed by atoms with Gasteiger partial charge in [0.15, 0.2) is 11.6 Å². The molecule has 1 aromatic carbocycles. The molecule has 0 amide bonds. The lowest BCUT2D eigenvalue weighted by atomic mass is 10.1. The molecule has 0 bridgehead atoms. The summed E-state index contributed by atoms with van der Waals surface area (Å²) in [6.45, 7) is 10.1. The van der Waals surface area contributed by atoms with Crippen molar-refractivity contribution >= 4 is 17.6 Å². The molecule has 0 radical (unpaired) electrons. The van der Waals surface area contributed by atoms with Crippen molar-refractivity contribution in [1.29, 1.82) is 0 Å². The van der Waals surface area contributed by atoms with Crippen LogP contribution in [0.25, 0.3) is 5.69 Å². The zero-order valence-electron chi connectivity index (χ0n) is 17.8. The van der Waals surface area contributed by atoms with E-state index in [9.17, 15) is 0 Å². The second-order valence-electron chi connectivity index (χ2n) is 7.97. The highest BCUT2D eigenvalue weighted by Gasteiger charge is 2.37. The molecule has 8 nitrogen and oxygen atoms in total. The summed E-state index contributed by atoms with van der Waals surface area (Å²) in [6, 6.07) is 10.6. The van der Waals surface area contributed by atoms with E-state index in [-0.39, 0.29) is 12.1 Å². The van der Waals surface area contributed by atoms with Crippen molar-refractivity contribution < 1.29 is 0 Å². The van der Waals surface area contributed by atoms with E-state index in [2.05, 4.69) is 57.5 Å². The van der Waals surface area contributed by atoms with E-state index in [1.165, 1.54) is 0 Å². The summed E-state index contributed by atoms with van der Waals surface area (Å²) in [7, 11) is 0. The molecule has 154 valence electrons. The number of aromatic nitrogens is 5. The first kappa shape index (κ1) is 18.7. The Morgan fingerprint density at radius 2 is 1.93 bits per heavy atom. The zero-order chi connectivity index (χ0) is 20.8. The van der Waals surface area contributed by atoms with Gasteiger partial charge < -0.3 is 4.90 Å². The normalized spacial score (nSPS) is 17.9. The SMILES string of the molecule is CC[C@@H]1c2nnc(C)n2-c2cnc(N3CCN=C3c3ccccc3)nc2N1C(C)C.